The van der Waals surface area contributed by atoms with E-state index in [-0.39, 0.29) is 22.2 Å². The van der Waals surface area contributed by atoms with Gasteiger partial charge in [0.05, 0.1) is 35.6 Å². The van der Waals surface area contributed by atoms with Crippen molar-refractivity contribution in [3.8, 4) is 22.9 Å². The van der Waals surface area contributed by atoms with E-state index in [1.807, 2.05) is 13.8 Å². The molecule has 2 aromatic carbocycles. The molecule has 0 aliphatic heterocycles. The largest absolute Gasteiger partial charge is 0.495 e. The number of aromatic amines is 1. The zero-order chi connectivity index (χ0) is 27.6. The first-order valence-electron chi connectivity index (χ1n) is 13.2. The fourth-order valence-electron chi connectivity index (χ4n) is 5.19. The zero-order valence-corrected chi connectivity index (χ0v) is 23.2. The first kappa shape index (κ1) is 26.7. The molecule has 0 spiro atoms. The second kappa shape index (κ2) is 11.1. The van der Waals surface area contributed by atoms with Crippen LogP contribution in [0.2, 0.25) is 0 Å². The number of rotatable bonds is 8. The van der Waals surface area contributed by atoms with Crippen LogP contribution in [0.5, 0.6) is 11.5 Å². The molecule has 0 bridgehead atoms. The van der Waals surface area contributed by atoms with E-state index in [1.165, 1.54) is 32.1 Å². The second-order valence-corrected chi connectivity index (χ2v) is 11.4. The Hall–Kier alpha value is -3.86. The molecule has 2 heterocycles. The lowest BCUT2D eigenvalue weighted by Crippen LogP contribution is -2.17. The highest BCUT2D eigenvalue weighted by atomic mass is 32.2. The first-order chi connectivity index (χ1) is 18.8. The van der Waals surface area contributed by atoms with Gasteiger partial charge in [0.15, 0.2) is 11.3 Å². The molecule has 1 aliphatic carbocycles. The van der Waals surface area contributed by atoms with Gasteiger partial charge in [0.2, 0.25) is 0 Å². The van der Waals surface area contributed by atoms with Crippen molar-refractivity contribution in [3.63, 3.8) is 0 Å². The Morgan fingerprint density at radius 1 is 1.08 bits per heavy atom. The highest BCUT2D eigenvalue weighted by Crippen LogP contribution is 2.34. The third-order valence-corrected chi connectivity index (χ3v) is 8.45. The van der Waals surface area contributed by atoms with Crippen molar-refractivity contribution in [2.75, 3.05) is 18.4 Å². The molecule has 10 nitrogen and oxygen atoms in total. The predicted octanol–water partition coefficient (Wildman–Crippen LogP) is 5.04. The number of H-pyrrole nitrogens is 1. The maximum absolute atomic E-state index is 13.4. The maximum atomic E-state index is 13.4. The lowest BCUT2D eigenvalue weighted by molar-refractivity contribution is 0.341. The molecule has 2 aromatic heterocycles. The number of aromatic nitrogens is 4. The van der Waals surface area contributed by atoms with Gasteiger partial charge in [-0.05, 0) is 57.0 Å². The Bertz CT molecular complexity index is 1650. The molecule has 11 heteroatoms. The van der Waals surface area contributed by atoms with Gasteiger partial charge in [0.25, 0.3) is 15.6 Å². The standard InChI is InChI=1S/C28H33N5O5S/c1-4-38-23-16-15-20(39(35,36)32-22-13-9-10-14-24(22)37-3)17-21(23)26-30-28(34)25-18(2)29-27(33(25)31-26)19-11-7-5-6-8-12-19/h9-10,13-17,19,32H,4-8,11-12H2,1-3H3,(H,30,31,34). The number of nitrogens with one attached hydrogen (secondary N) is 2. The molecule has 0 amide bonds. The monoisotopic (exact) mass is 551 g/mol. The van der Waals surface area contributed by atoms with Crippen LogP contribution in [0.15, 0.2) is 52.2 Å². The molecule has 0 atom stereocenters. The fraction of sp³-hybridized carbons (Fsp3) is 0.393. The average molecular weight is 552 g/mol. The molecule has 39 heavy (non-hydrogen) atoms. The summed E-state index contributed by atoms with van der Waals surface area (Å²) in [6.07, 6.45) is 6.61. The van der Waals surface area contributed by atoms with Gasteiger partial charge in [-0.2, -0.15) is 0 Å². The van der Waals surface area contributed by atoms with Gasteiger partial charge in [0, 0.05) is 5.92 Å². The molecule has 0 saturated heterocycles. The SMILES string of the molecule is CCOc1ccc(S(=O)(=O)Nc2ccccc2OC)cc1-c1nn2c(C3CCCCCC3)nc(C)c2c(=O)[nH]1. The molecule has 5 rings (SSSR count). The fourth-order valence-corrected chi connectivity index (χ4v) is 6.29. The highest BCUT2D eigenvalue weighted by Gasteiger charge is 2.25. The maximum Gasteiger partial charge on any atom is 0.277 e. The average Bonchev–Trinajstić information content (AvgIpc) is 3.07. The van der Waals surface area contributed by atoms with Crippen LogP contribution in [0.4, 0.5) is 5.69 Å². The number of benzene rings is 2. The molecule has 2 N–H and O–H groups in total. The molecule has 1 saturated carbocycles. The van der Waals surface area contributed by atoms with Gasteiger partial charge in [-0.1, -0.05) is 37.8 Å². The zero-order valence-electron chi connectivity index (χ0n) is 22.4. The van der Waals surface area contributed by atoms with E-state index in [9.17, 15) is 13.2 Å². The quantitative estimate of drug-likeness (QED) is 0.294. The summed E-state index contributed by atoms with van der Waals surface area (Å²) in [6, 6.07) is 11.3. The van der Waals surface area contributed by atoms with Gasteiger partial charge in [-0.25, -0.2) is 17.9 Å². The number of aryl methyl sites for hydroxylation is 1. The number of hydrogen-bond acceptors (Lipinski definition) is 7. The number of imidazole rings is 1. The minimum absolute atomic E-state index is 0.0135. The van der Waals surface area contributed by atoms with Crippen molar-refractivity contribution in [3.05, 3.63) is 64.3 Å². The predicted molar refractivity (Wildman–Crippen MR) is 149 cm³/mol. The Morgan fingerprint density at radius 2 is 1.82 bits per heavy atom. The summed E-state index contributed by atoms with van der Waals surface area (Å²) in [5.41, 5.74) is 1.35. The summed E-state index contributed by atoms with van der Waals surface area (Å²) >= 11 is 0. The summed E-state index contributed by atoms with van der Waals surface area (Å²) in [4.78, 5) is 20.9. The molecule has 4 aromatic rings. The second-order valence-electron chi connectivity index (χ2n) is 9.70. The molecule has 0 radical (unpaired) electrons. The van der Waals surface area contributed by atoms with Crippen molar-refractivity contribution in [1.82, 2.24) is 19.6 Å². The number of fused-ring (bicyclic) bond motifs is 1. The van der Waals surface area contributed by atoms with Crippen LogP contribution in [0, 0.1) is 6.92 Å². The molecular formula is C28H33N5O5S. The van der Waals surface area contributed by atoms with Crippen molar-refractivity contribution in [1.29, 1.82) is 0 Å². The Kier molecular flexibility index (Phi) is 7.60. The van der Waals surface area contributed by atoms with E-state index in [0.717, 1.165) is 31.5 Å². The van der Waals surface area contributed by atoms with Crippen LogP contribution >= 0.6 is 0 Å². The number of methoxy groups -OCH3 is 1. The smallest absolute Gasteiger partial charge is 0.277 e. The van der Waals surface area contributed by atoms with Crippen LogP contribution in [-0.2, 0) is 10.0 Å². The van der Waals surface area contributed by atoms with E-state index < -0.39 is 10.0 Å². The van der Waals surface area contributed by atoms with Crippen molar-refractivity contribution < 1.29 is 17.9 Å². The summed E-state index contributed by atoms with van der Waals surface area (Å²) in [5, 5.41) is 4.79. The summed E-state index contributed by atoms with van der Waals surface area (Å²) in [7, 11) is -2.54. The summed E-state index contributed by atoms with van der Waals surface area (Å²) in [6.45, 7) is 4.00. The van der Waals surface area contributed by atoms with Gasteiger partial charge < -0.3 is 14.5 Å². The van der Waals surface area contributed by atoms with Gasteiger partial charge in [0.1, 0.15) is 17.3 Å². The lowest BCUT2D eigenvalue weighted by Gasteiger charge is -2.15. The van der Waals surface area contributed by atoms with Crippen LogP contribution in [0.25, 0.3) is 16.9 Å². The molecular weight excluding hydrogens is 518 g/mol. The van der Waals surface area contributed by atoms with Crippen molar-refractivity contribution >= 4 is 21.2 Å². The van der Waals surface area contributed by atoms with Crippen LogP contribution in [0.1, 0.15) is 62.9 Å². The van der Waals surface area contributed by atoms with Crippen LogP contribution < -0.4 is 19.8 Å². The molecule has 0 unspecified atom stereocenters. The van der Waals surface area contributed by atoms with Crippen LogP contribution in [0.3, 0.4) is 0 Å². The first-order valence-corrected chi connectivity index (χ1v) is 14.7. The van der Waals surface area contributed by atoms with Gasteiger partial charge in [-0.3, -0.25) is 9.52 Å². The number of ether oxygens (including phenoxy) is 2. The Balaban J connectivity index is 1.62. The Morgan fingerprint density at radius 3 is 2.54 bits per heavy atom. The van der Waals surface area contributed by atoms with E-state index in [4.69, 9.17) is 19.6 Å². The number of nitrogens with zero attached hydrogens (tertiary/aromatic N) is 3. The van der Waals surface area contributed by atoms with Gasteiger partial charge in [-0.15, -0.1) is 5.10 Å². The van der Waals surface area contributed by atoms with Crippen molar-refractivity contribution in [2.45, 2.75) is 63.2 Å². The van der Waals surface area contributed by atoms with E-state index in [1.54, 1.807) is 34.8 Å². The third-order valence-electron chi connectivity index (χ3n) is 7.09. The lowest BCUT2D eigenvalue weighted by atomic mass is 10.00. The third kappa shape index (κ3) is 5.36. The Labute approximate surface area is 227 Å². The molecule has 1 fully saturated rings. The number of sulfonamides is 1. The molecule has 1 aliphatic rings. The topological polar surface area (TPSA) is 128 Å². The van der Waals surface area contributed by atoms with E-state index >= 15 is 0 Å². The minimum Gasteiger partial charge on any atom is -0.495 e. The van der Waals surface area contributed by atoms with E-state index in [2.05, 4.69) is 9.71 Å². The number of para-hydroxylation sites is 2. The summed E-state index contributed by atoms with van der Waals surface area (Å²) < 4.78 is 42.1. The van der Waals surface area contributed by atoms with Gasteiger partial charge >= 0.3 is 0 Å². The van der Waals surface area contributed by atoms with Crippen molar-refractivity contribution in [2.24, 2.45) is 0 Å². The van der Waals surface area contributed by atoms with E-state index in [0.29, 0.717) is 40.6 Å². The summed E-state index contributed by atoms with van der Waals surface area (Å²) in [5.74, 6) is 1.99. The number of hydrogen-bond donors (Lipinski definition) is 2. The highest BCUT2D eigenvalue weighted by molar-refractivity contribution is 7.92. The minimum atomic E-state index is -4.01. The molecule has 206 valence electrons. The normalized spacial score (nSPS) is 14.7. The van der Waals surface area contributed by atoms with Crippen LogP contribution in [-0.4, -0.2) is 41.7 Å². The number of anilines is 1.